The highest BCUT2D eigenvalue weighted by Gasteiger charge is 2.08. The molecule has 1 aliphatic carbocycles. The Morgan fingerprint density at radius 3 is 2.88 bits per heavy atom. The lowest BCUT2D eigenvalue weighted by molar-refractivity contribution is 0.146. The van der Waals surface area contributed by atoms with Gasteiger partial charge in [0.25, 0.3) is 0 Å². The molecule has 0 saturated carbocycles. The molecule has 0 radical (unpaired) electrons. The van der Waals surface area contributed by atoms with Gasteiger partial charge in [0.1, 0.15) is 18.2 Å². The summed E-state index contributed by atoms with van der Waals surface area (Å²) >= 11 is 0. The van der Waals surface area contributed by atoms with Gasteiger partial charge in [-0.3, -0.25) is 0 Å². The highest BCUT2D eigenvalue weighted by atomic mass is 16.5. The van der Waals surface area contributed by atoms with Crippen molar-refractivity contribution in [2.45, 2.75) is 38.5 Å². The molecule has 34 heavy (non-hydrogen) atoms. The van der Waals surface area contributed by atoms with Gasteiger partial charge in [-0.05, 0) is 78.6 Å². The molecule has 0 bridgehead atoms. The molecule has 2 heterocycles. The average molecular weight is 454 g/mol. The standard InChI is InChI=1S/C29H31N3O2/c1-33-16-17-34-26-12-13-28-27(19-26)24(20-31-28)6-3-7-29-30-15-14-25(32-29)11-9-21-8-10-22-4-2-5-23(22)18-21/h2,5,8,10,12-15,18-20,31H,3-4,6-7,9,11,16-17H2,1H3. The van der Waals surface area contributed by atoms with E-state index in [0.29, 0.717) is 13.2 Å². The summed E-state index contributed by atoms with van der Waals surface area (Å²) in [5, 5.41) is 1.22. The van der Waals surface area contributed by atoms with Crippen molar-refractivity contribution in [2.75, 3.05) is 20.3 Å². The van der Waals surface area contributed by atoms with Gasteiger partial charge in [-0.2, -0.15) is 0 Å². The second-order valence-corrected chi connectivity index (χ2v) is 8.82. The Balaban J connectivity index is 1.16. The molecule has 0 aliphatic heterocycles. The van der Waals surface area contributed by atoms with Crippen molar-refractivity contribution < 1.29 is 9.47 Å². The number of fused-ring (bicyclic) bond motifs is 2. The number of benzene rings is 2. The predicted molar refractivity (Wildman–Crippen MR) is 136 cm³/mol. The second kappa shape index (κ2) is 10.7. The van der Waals surface area contributed by atoms with Crippen LogP contribution in [0.4, 0.5) is 0 Å². The first-order chi connectivity index (χ1) is 16.8. The molecule has 5 heteroatoms. The van der Waals surface area contributed by atoms with Crippen molar-refractivity contribution >= 4 is 17.0 Å². The van der Waals surface area contributed by atoms with Crippen molar-refractivity contribution in [1.82, 2.24) is 15.0 Å². The lowest BCUT2D eigenvalue weighted by Crippen LogP contribution is -2.04. The number of rotatable bonds is 11. The largest absolute Gasteiger partial charge is 0.491 e. The maximum Gasteiger partial charge on any atom is 0.128 e. The molecule has 1 aliphatic rings. The third kappa shape index (κ3) is 5.37. The third-order valence-electron chi connectivity index (χ3n) is 6.42. The molecule has 174 valence electrons. The molecule has 1 N–H and O–H groups in total. The molecule has 2 aromatic heterocycles. The molecular formula is C29H31N3O2. The van der Waals surface area contributed by atoms with E-state index in [9.17, 15) is 0 Å². The van der Waals surface area contributed by atoms with Crippen LogP contribution < -0.4 is 4.74 Å². The van der Waals surface area contributed by atoms with Gasteiger partial charge in [-0.15, -0.1) is 0 Å². The topological polar surface area (TPSA) is 60.0 Å². The van der Waals surface area contributed by atoms with Gasteiger partial charge in [0.05, 0.1) is 6.61 Å². The summed E-state index contributed by atoms with van der Waals surface area (Å²) in [5.41, 5.74) is 7.72. The minimum absolute atomic E-state index is 0.555. The van der Waals surface area contributed by atoms with Crippen molar-refractivity contribution in [1.29, 1.82) is 0 Å². The Bertz CT molecular complexity index is 1290. The van der Waals surface area contributed by atoms with Crippen molar-refractivity contribution in [3.63, 3.8) is 0 Å². The Labute approximate surface area is 200 Å². The minimum Gasteiger partial charge on any atom is -0.491 e. The van der Waals surface area contributed by atoms with E-state index < -0.39 is 0 Å². The predicted octanol–water partition coefficient (Wildman–Crippen LogP) is 5.51. The van der Waals surface area contributed by atoms with Gasteiger partial charge in [0.15, 0.2) is 0 Å². The number of hydrogen-bond acceptors (Lipinski definition) is 4. The fraction of sp³-hybridized carbons (Fsp3) is 0.310. The number of H-pyrrole nitrogens is 1. The first kappa shape index (κ1) is 22.4. The monoisotopic (exact) mass is 453 g/mol. The van der Waals surface area contributed by atoms with Crippen LogP contribution in [0.3, 0.4) is 0 Å². The van der Waals surface area contributed by atoms with Crippen LogP contribution in [0.15, 0.2) is 60.9 Å². The number of aromatic amines is 1. The Kier molecular flexibility index (Phi) is 7.01. The van der Waals surface area contributed by atoms with Crippen LogP contribution in [0.2, 0.25) is 0 Å². The molecule has 4 aromatic rings. The zero-order valence-electron chi connectivity index (χ0n) is 19.7. The first-order valence-corrected chi connectivity index (χ1v) is 12.1. The van der Waals surface area contributed by atoms with Crippen LogP contribution in [0.1, 0.15) is 40.2 Å². The lowest BCUT2D eigenvalue weighted by Gasteiger charge is -2.07. The Morgan fingerprint density at radius 2 is 1.94 bits per heavy atom. The minimum atomic E-state index is 0.555. The number of aryl methyl sites for hydroxylation is 4. The summed E-state index contributed by atoms with van der Waals surface area (Å²) in [5.74, 6) is 1.80. The molecule has 0 spiro atoms. The molecule has 0 fully saturated rings. The van der Waals surface area contributed by atoms with Gasteiger partial charge in [-0.25, -0.2) is 9.97 Å². The summed E-state index contributed by atoms with van der Waals surface area (Å²) in [6.07, 6.45) is 14.3. The summed E-state index contributed by atoms with van der Waals surface area (Å²) in [4.78, 5) is 12.7. The van der Waals surface area contributed by atoms with Crippen molar-refractivity contribution in [3.05, 3.63) is 94.7 Å². The van der Waals surface area contributed by atoms with Crippen LogP contribution in [0.25, 0.3) is 17.0 Å². The maximum absolute atomic E-state index is 5.78. The highest BCUT2D eigenvalue weighted by molar-refractivity contribution is 5.84. The van der Waals surface area contributed by atoms with Crippen LogP contribution in [-0.2, 0) is 36.8 Å². The van der Waals surface area contributed by atoms with Crippen molar-refractivity contribution in [2.24, 2.45) is 0 Å². The van der Waals surface area contributed by atoms with Crippen LogP contribution in [0.5, 0.6) is 5.75 Å². The van der Waals surface area contributed by atoms with Crippen LogP contribution >= 0.6 is 0 Å². The smallest absolute Gasteiger partial charge is 0.128 e. The third-order valence-corrected chi connectivity index (χ3v) is 6.42. The van der Waals surface area contributed by atoms with E-state index in [1.165, 1.54) is 27.6 Å². The van der Waals surface area contributed by atoms with Gasteiger partial charge < -0.3 is 14.5 Å². The number of methoxy groups -OCH3 is 1. The van der Waals surface area contributed by atoms with E-state index in [4.69, 9.17) is 14.5 Å². The Hall–Kier alpha value is -3.44. The zero-order chi connectivity index (χ0) is 23.2. The van der Waals surface area contributed by atoms with E-state index in [1.807, 2.05) is 18.3 Å². The van der Waals surface area contributed by atoms with E-state index in [-0.39, 0.29) is 0 Å². The van der Waals surface area contributed by atoms with Crippen molar-refractivity contribution in [3.8, 4) is 5.75 Å². The summed E-state index contributed by atoms with van der Waals surface area (Å²) in [6, 6.07) is 15.1. The van der Waals surface area contributed by atoms with E-state index in [2.05, 4.69) is 58.6 Å². The number of hydrogen-bond donors (Lipinski definition) is 1. The quantitative estimate of drug-likeness (QED) is 0.304. The number of nitrogens with one attached hydrogen (secondary N) is 1. The molecule has 5 rings (SSSR count). The maximum atomic E-state index is 5.78. The molecular weight excluding hydrogens is 422 g/mol. The number of nitrogens with zero attached hydrogens (tertiary/aromatic N) is 2. The van der Waals surface area contributed by atoms with E-state index in [0.717, 1.165) is 61.3 Å². The summed E-state index contributed by atoms with van der Waals surface area (Å²) in [6.45, 7) is 1.14. The lowest BCUT2D eigenvalue weighted by atomic mass is 10.0. The second-order valence-electron chi connectivity index (χ2n) is 8.82. The number of ether oxygens (including phenoxy) is 2. The summed E-state index contributed by atoms with van der Waals surface area (Å²) < 4.78 is 10.9. The van der Waals surface area contributed by atoms with Gasteiger partial charge in [0.2, 0.25) is 0 Å². The average Bonchev–Trinajstić information content (AvgIpc) is 3.50. The van der Waals surface area contributed by atoms with Gasteiger partial charge in [0, 0.05) is 42.5 Å². The molecule has 0 atom stereocenters. The molecule has 0 amide bonds. The fourth-order valence-corrected chi connectivity index (χ4v) is 4.56. The number of allylic oxidation sites excluding steroid dienone is 1. The highest BCUT2D eigenvalue weighted by Crippen LogP contribution is 2.25. The first-order valence-electron chi connectivity index (χ1n) is 12.1. The Morgan fingerprint density at radius 1 is 0.971 bits per heavy atom. The van der Waals surface area contributed by atoms with Gasteiger partial charge >= 0.3 is 0 Å². The SMILES string of the molecule is COCCOc1ccc2[nH]cc(CCCc3nccc(CCc4ccc5c(c4)C=CC5)n3)c2c1. The zero-order valence-corrected chi connectivity index (χ0v) is 19.7. The van der Waals surface area contributed by atoms with E-state index >= 15 is 0 Å². The molecule has 5 nitrogen and oxygen atoms in total. The number of aromatic nitrogens is 3. The van der Waals surface area contributed by atoms with E-state index in [1.54, 1.807) is 7.11 Å². The molecule has 2 aromatic carbocycles. The van der Waals surface area contributed by atoms with Crippen LogP contribution in [-0.4, -0.2) is 35.3 Å². The van der Waals surface area contributed by atoms with Crippen LogP contribution in [0, 0.1) is 0 Å². The molecule has 0 saturated heterocycles. The van der Waals surface area contributed by atoms with Gasteiger partial charge in [-0.1, -0.05) is 30.4 Å². The normalized spacial score (nSPS) is 12.4. The summed E-state index contributed by atoms with van der Waals surface area (Å²) in [7, 11) is 1.68. The molecule has 0 unspecified atom stereocenters. The fourth-order valence-electron chi connectivity index (χ4n) is 4.56.